The van der Waals surface area contributed by atoms with Crippen LogP contribution in [0.4, 0.5) is 4.79 Å². The van der Waals surface area contributed by atoms with Crippen LogP contribution in [0.5, 0.6) is 0 Å². The summed E-state index contributed by atoms with van der Waals surface area (Å²) in [6, 6.07) is -0.0115. The molecule has 0 radical (unpaired) electrons. The number of urea groups is 1. The molecular formula is C10H22N4O. The van der Waals surface area contributed by atoms with Crippen LogP contribution in [0.3, 0.4) is 0 Å². The number of nitrogens with one attached hydrogen (secondary N) is 1. The van der Waals surface area contributed by atoms with Gasteiger partial charge in [-0.2, -0.15) is 0 Å². The molecule has 2 amide bonds. The molecule has 0 aromatic carbocycles. The summed E-state index contributed by atoms with van der Waals surface area (Å²) in [6.07, 6.45) is 2.12. The highest BCUT2D eigenvalue weighted by atomic mass is 16.2. The van der Waals surface area contributed by atoms with Crippen molar-refractivity contribution in [3.05, 3.63) is 0 Å². The molecule has 1 rings (SSSR count). The summed E-state index contributed by atoms with van der Waals surface area (Å²) < 4.78 is 0. The normalized spacial score (nSPS) is 22.1. The van der Waals surface area contributed by atoms with Crippen molar-refractivity contribution in [1.82, 2.24) is 15.1 Å². The predicted octanol–water partition coefficient (Wildman–Crippen LogP) is -0.319. The number of hydrogen-bond donors (Lipinski definition) is 2. The summed E-state index contributed by atoms with van der Waals surface area (Å²) >= 11 is 0. The zero-order valence-electron chi connectivity index (χ0n) is 9.70. The number of nitrogens with two attached hydrogens (primary N) is 1. The first kappa shape index (κ1) is 12.3. The number of carbonyl (C=O) groups excluding carboxylic acids is 1. The average molecular weight is 214 g/mol. The van der Waals surface area contributed by atoms with Crippen molar-refractivity contribution >= 4 is 6.03 Å². The molecule has 1 unspecified atom stereocenters. The Balaban J connectivity index is 2.33. The van der Waals surface area contributed by atoms with Gasteiger partial charge in [-0.1, -0.05) is 0 Å². The minimum Gasteiger partial charge on any atom is -0.351 e. The van der Waals surface area contributed by atoms with Gasteiger partial charge in [-0.3, -0.25) is 0 Å². The summed E-state index contributed by atoms with van der Waals surface area (Å²) in [7, 11) is 4.12. The fourth-order valence-corrected chi connectivity index (χ4v) is 1.95. The van der Waals surface area contributed by atoms with Crippen LogP contribution < -0.4 is 11.1 Å². The van der Waals surface area contributed by atoms with Crippen molar-refractivity contribution in [2.45, 2.75) is 18.9 Å². The van der Waals surface area contributed by atoms with Crippen molar-refractivity contribution in [3.8, 4) is 0 Å². The monoisotopic (exact) mass is 214 g/mol. The molecule has 0 aromatic rings. The minimum absolute atomic E-state index is 0.274. The molecule has 3 N–H and O–H groups in total. The first-order chi connectivity index (χ1) is 7.11. The number of nitrogens with zero attached hydrogens (tertiary/aromatic N) is 2. The van der Waals surface area contributed by atoms with E-state index in [4.69, 9.17) is 5.73 Å². The number of amides is 2. The van der Waals surface area contributed by atoms with Gasteiger partial charge in [0.05, 0.1) is 0 Å². The third kappa shape index (κ3) is 4.05. The van der Waals surface area contributed by atoms with Gasteiger partial charge in [-0.15, -0.1) is 0 Å². The molecule has 88 valence electrons. The zero-order valence-corrected chi connectivity index (χ0v) is 9.70. The molecule has 1 heterocycles. The Hall–Kier alpha value is -0.810. The Kier molecular flexibility index (Phi) is 4.84. The van der Waals surface area contributed by atoms with Gasteiger partial charge >= 0.3 is 6.03 Å². The van der Waals surface area contributed by atoms with Gasteiger partial charge in [-0.25, -0.2) is 4.79 Å². The highest BCUT2D eigenvalue weighted by Crippen LogP contribution is 2.09. The number of rotatable bonds is 4. The summed E-state index contributed by atoms with van der Waals surface area (Å²) in [5, 5.41) is 3.29. The molecule has 5 nitrogen and oxygen atoms in total. The number of piperazine rings is 1. The maximum Gasteiger partial charge on any atom is 0.315 e. The quantitative estimate of drug-likeness (QED) is 0.674. The van der Waals surface area contributed by atoms with E-state index in [2.05, 4.69) is 24.3 Å². The number of primary amides is 1. The standard InChI is InChI=1S/C10H22N4O/c1-13(2)6-3-4-9-8-12-5-7-14(9)10(11)15/h9,12H,3-8H2,1-2H3,(H2,11,15). The van der Waals surface area contributed by atoms with Gasteiger partial charge in [0, 0.05) is 25.7 Å². The van der Waals surface area contributed by atoms with E-state index in [-0.39, 0.29) is 12.1 Å². The highest BCUT2D eigenvalue weighted by Gasteiger charge is 2.24. The second-order valence-corrected chi connectivity index (χ2v) is 4.34. The van der Waals surface area contributed by atoms with Gasteiger partial charge in [0.2, 0.25) is 0 Å². The Morgan fingerprint density at radius 2 is 2.33 bits per heavy atom. The average Bonchev–Trinajstić information content (AvgIpc) is 2.17. The van der Waals surface area contributed by atoms with Gasteiger partial charge in [-0.05, 0) is 33.5 Å². The van der Waals surface area contributed by atoms with Crippen molar-refractivity contribution in [2.24, 2.45) is 5.73 Å². The molecule has 1 fully saturated rings. The van der Waals surface area contributed by atoms with Gasteiger partial charge in [0.25, 0.3) is 0 Å². The number of carbonyl (C=O) groups is 1. The second-order valence-electron chi connectivity index (χ2n) is 4.34. The van der Waals surface area contributed by atoms with Crippen LogP contribution in [0.1, 0.15) is 12.8 Å². The molecular weight excluding hydrogens is 192 g/mol. The molecule has 1 aliphatic rings. The van der Waals surface area contributed by atoms with Crippen LogP contribution in [0.25, 0.3) is 0 Å². The molecule has 5 heteroatoms. The summed E-state index contributed by atoms with van der Waals surface area (Å²) in [4.78, 5) is 15.1. The summed E-state index contributed by atoms with van der Waals surface area (Å²) in [6.45, 7) is 3.52. The van der Waals surface area contributed by atoms with Crippen molar-refractivity contribution < 1.29 is 4.79 Å². The largest absolute Gasteiger partial charge is 0.351 e. The van der Waals surface area contributed by atoms with Crippen LogP contribution in [-0.2, 0) is 0 Å². The van der Waals surface area contributed by atoms with Crippen LogP contribution in [-0.4, -0.2) is 62.1 Å². The Morgan fingerprint density at radius 1 is 1.60 bits per heavy atom. The maximum absolute atomic E-state index is 11.2. The van der Waals surface area contributed by atoms with Crippen LogP contribution in [0.2, 0.25) is 0 Å². The van der Waals surface area contributed by atoms with Gasteiger partial charge < -0.3 is 20.9 Å². The lowest BCUT2D eigenvalue weighted by atomic mass is 10.1. The molecule has 0 spiro atoms. The smallest absolute Gasteiger partial charge is 0.315 e. The first-order valence-electron chi connectivity index (χ1n) is 5.53. The molecule has 1 atom stereocenters. The van der Waals surface area contributed by atoms with Gasteiger partial charge in [0.1, 0.15) is 0 Å². The lowest BCUT2D eigenvalue weighted by Crippen LogP contribution is -2.55. The Morgan fingerprint density at radius 3 is 2.93 bits per heavy atom. The molecule has 0 aromatic heterocycles. The maximum atomic E-state index is 11.2. The molecule has 0 aliphatic carbocycles. The molecule has 0 bridgehead atoms. The molecule has 15 heavy (non-hydrogen) atoms. The summed E-state index contributed by atoms with van der Waals surface area (Å²) in [5.74, 6) is 0. The highest BCUT2D eigenvalue weighted by molar-refractivity contribution is 5.72. The molecule has 1 aliphatic heterocycles. The van der Waals surface area contributed by atoms with E-state index < -0.39 is 0 Å². The lowest BCUT2D eigenvalue weighted by molar-refractivity contribution is 0.159. The SMILES string of the molecule is CN(C)CCCC1CNCCN1C(N)=O. The minimum atomic E-state index is -0.286. The fourth-order valence-electron chi connectivity index (χ4n) is 1.95. The summed E-state index contributed by atoms with van der Waals surface area (Å²) in [5.41, 5.74) is 5.34. The van der Waals surface area contributed by atoms with Crippen molar-refractivity contribution in [1.29, 1.82) is 0 Å². The van der Waals surface area contributed by atoms with E-state index in [0.29, 0.717) is 0 Å². The van der Waals surface area contributed by atoms with Crippen LogP contribution in [0.15, 0.2) is 0 Å². The lowest BCUT2D eigenvalue weighted by Gasteiger charge is -2.35. The topological polar surface area (TPSA) is 61.6 Å². The van der Waals surface area contributed by atoms with Crippen LogP contribution >= 0.6 is 0 Å². The van der Waals surface area contributed by atoms with Gasteiger partial charge in [0.15, 0.2) is 0 Å². The number of hydrogen-bond acceptors (Lipinski definition) is 3. The fraction of sp³-hybridized carbons (Fsp3) is 0.900. The van der Waals surface area contributed by atoms with E-state index in [1.807, 2.05) is 0 Å². The van der Waals surface area contributed by atoms with Crippen LogP contribution in [0, 0.1) is 0 Å². The third-order valence-corrected chi connectivity index (χ3v) is 2.78. The molecule has 1 saturated heterocycles. The Bertz CT molecular complexity index is 208. The zero-order chi connectivity index (χ0) is 11.3. The predicted molar refractivity (Wildman–Crippen MR) is 60.7 cm³/mol. The van der Waals surface area contributed by atoms with E-state index >= 15 is 0 Å². The van der Waals surface area contributed by atoms with E-state index in [1.54, 1.807) is 4.90 Å². The first-order valence-corrected chi connectivity index (χ1v) is 5.53. The second kappa shape index (κ2) is 5.92. The van der Waals surface area contributed by atoms with E-state index in [0.717, 1.165) is 39.0 Å². The Labute approximate surface area is 91.6 Å². The third-order valence-electron chi connectivity index (χ3n) is 2.78. The molecule has 0 saturated carbocycles. The van der Waals surface area contributed by atoms with Crippen molar-refractivity contribution in [2.75, 3.05) is 40.3 Å². The van der Waals surface area contributed by atoms with E-state index in [9.17, 15) is 4.79 Å². The van der Waals surface area contributed by atoms with Crippen molar-refractivity contribution in [3.63, 3.8) is 0 Å². The van der Waals surface area contributed by atoms with E-state index in [1.165, 1.54) is 0 Å².